The molecule has 0 fully saturated rings. The first-order chi connectivity index (χ1) is 48.9. The third-order valence-corrected chi connectivity index (χ3v) is 22.4. The fraction of sp³-hybridized carbons (Fsp3) is 0.955. The van der Waals surface area contributed by atoms with Gasteiger partial charge in [0.25, 0.3) is 0 Å². The minimum Gasteiger partial charge on any atom is -0.411 e. The molecule has 0 N–H and O–H groups in total. The van der Waals surface area contributed by atoms with Crippen LogP contribution in [0.3, 0.4) is 0 Å². The van der Waals surface area contributed by atoms with E-state index >= 15 is 0 Å². The predicted molar refractivity (Wildman–Crippen MR) is 485 cm³/mol. The van der Waals surface area contributed by atoms with Gasteiger partial charge in [-0.25, -0.2) is 0 Å². The molecule has 0 aliphatic rings. The van der Waals surface area contributed by atoms with Crippen LogP contribution in [-0.2, 0) is 94.9 Å². The fourth-order valence-corrected chi connectivity index (χ4v) is 14.8. The molecule has 0 spiro atoms. The smallest absolute Gasteiger partial charge is 0.411 e. The minimum absolute atomic E-state index is 0. The van der Waals surface area contributed by atoms with E-state index in [-0.39, 0.29) is 44.4 Å². The number of rotatable bonds is 76. The van der Waals surface area contributed by atoms with Crippen LogP contribution in [0.5, 0.6) is 0 Å². The van der Waals surface area contributed by atoms with Crippen molar-refractivity contribution in [2.24, 2.45) is 0 Å². The Hall–Kier alpha value is 1.88. The monoisotopic (exact) mass is 1720 g/mol. The summed E-state index contributed by atoms with van der Waals surface area (Å²) in [6.45, 7) is 26.6. The third kappa shape index (κ3) is 99.9. The van der Waals surface area contributed by atoms with Crippen molar-refractivity contribution in [1.82, 2.24) is 19.6 Å². The summed E-state index contributed by atoms with van der Waals surface area (Å²) in [5.41, 5.74) is 0. The van der Waals surface area contributed by atoms with E-state index in [1.54, 1.807) is 0 Å². The topological polar surface area (TPSA) is 13.0 Å². The summed E-state index contributed by atoms with van der Waals surface area (Å²) in [4.78, 5) is 8.95. The third-order valence-electron chi connectivity index (χ3n) is 20.3. The zero-order valence-electron chi connectivity index (χ0n) is 69.8. The van der Waals surface area contributed by atoms with Crippen molar-refractivity contribution in [3.8, 4) is 0 Å². The van der Waals surface area contributed by atoms with E-state index in [4.69, 9.17) is 99.4 Å². The van der Waals surface area contributed by atoms with E-state index in [1.165, 1.54) is 437 Å². The molecule has 0 rings (SSSR count). The molecule has 14 heteroatoms. The van der Waals surface area contributed by atoms with Crippen LogP contribution in [0.2, 0.25) is 0 Å². The van der Waals surface area contributed by atoms with Crippen LogP contribution in [-0.4, -0.2) is 89.2 Å². The van der Waals surface area contributed by atoms with Gasteiger partial charge in [0, 0.05) is 52.4 Å². The van der Waals surface area contributed by atoms with E-state index in [0.717, 1.165) is 52.4 Å². The van der Waals surface area contributed by atoms with Crippen molar-refractivity contribution < 1.29 is 44.4 Å². The molecule has 0 unspecified atom stereocenters. The standard InChI is InChI=1S/2C33H67NS2.2C11H23NS2.Cd.Cu/c2*1-3-5-7-9-11-13-15-17-19-21-23-25-27-29-31-34(33(35)36)32-30-28-26-24-22-20-18-16-14-12-10-8-6-4-2;2*1-3-5-7-9-12(11(13)14)10-8-6-4-2;;/h2*3-32H2,1-2H3,(H,35,36);2*3-10H2,1-2H3,(H,13,14);;/q;;;;2*+2/p-4. The molecule has 0 aromatic carbocycles. The molecule has 0 aliphatic heterocycles. The second-order valence-electron chi connectivity index (χ2n) is 30.2. The van der Waals surface area contributed by atoms with E-state index in [0.29, 0.717) is 17.3 Å². The Labute approximate surface area is 717 Å². The molecule has 0 aromatic rings. The van der Waals surface area contributed by atoms with E-state index in [1.807, 2.05) is 0 Å². The van der Waals surface area contributed by atoms with Gasteiger partial charge in [-0.2, -0.15) is 0 Å². The molecule has 609 valence electrons. The first-order valence-corrected chi connectivity index (χ1v) is 48.0. The maximum atomic E-state index is 5.36. The molecule has 102 heavy (non-hydrogen) atoms. The summed E-state index contributed by atoms with van der Waals surface area (Å²) in [6.07, 6.45) is 94.1. The van der Waals surface area contributed by atoms with E-state index in [2.05, 4.69) is 75.0 Å². The van der Waals surface area contributed by atoms with Gasteiger partial charge in [-0.1, -0.05) is 458 Å². The summed E-state index contributed by atoms with van der Waals surface area (Å²) in [7, 11) is 0. The SMILES string of the molecule is CCCCCCCCCCCCCCCCN(CCCCCCCCCCCCCCCC)C(=S)[S-].CCCCCCCCCCCCCCCCN(CCCCCCCCCCCCCCCC)C(=S)[S-].CCCCCN(CCCCC)C(=S)[S-].CCCCCN(CCCCC)C(=S)[S-].[Cd+2].[Cu+2]. The van der Waals surface area contributed by atoms with Gasteiger partial charge in [0.2, 0.25) is 0 Å². The Morgan fingerprint density at radius 2 is 0.225 bits per heavy atom. The molecule has 1 radical (unpaired) electrons. The van der Waals surface area contributed by atoms with Gasteiger partial charge in [0.05, 0.1) is 0 Å². The average Bonchev–Trinajstić information content (AvgIpc) is 1.29. The van der Waals surface area contributed by atoms with Crippen LogP contribution in [0.4, 0.5) is 0 Å². The quantitative estimate of drug-likeness (QED) is 0.0249. The Bertz CT molecular complexity index is 1390. The zero-order chi connectivity index (χ0) is 74.4. The molecule has 4 nitrogen and oxygen atoms in total. The van der Waals surface area contributed by atoms with Gasteiger partial charge in [0.1, 0.15) is 0 Å². The summed E-state index contributed by atoms with van der Waals surface area (Å²) in [5.74, 6) is 0. The Kier molecular flexibility index (Phi) is 116. The van der Waals surface area contributed by atoms with Gasteiger partial charge in [0.15, 0.2) is 0 Å². The molecular formula is C88H176CdCuN4S8. The van der Waals surface area contributed by atoms with E-state index in [9.17, 15) is 0 Å². The van der Waals surface area contributed by atoms with Crippen molar-refractivity contribution in [3.63, 3.8) is 0 Å². The fourth-order valence-electron chi connectivity index (χ4n) is 13.4. The van der Waals surface area contributed by atoms with Gasteiger partial charge in [-0.3, -0.25) is 0 Å². The van der Waals surface area contributed by atoms with Crippen LogP contribution in [0.25, 0.3) is 0 Å². The van der Waals surface area contributed by atoms with Crippen LogP contribution in [0, 0.1) is 0 Å². The number of thiocarbonyl (C=S) groups is 4. The second kappa shape index (κ2) is 103. The number of hydrogen-bond donors (Lipinski definition) is 0. The molecule has 0 bridgehead atoms. The number of unbranched alkanes of at least 4 members (excludes halogenated alkanes) is 60. The molecule has 0 saturated carbocycles. The summed E-state index contributed by atoms with van der Waals surface area (Å²) in [6, 6.07) is 0. The Balaban J connectivity index is -0.000000325. The van der Waals surface area contributed by atoms with Crippen molar-refractivity contribution in [2.45, 2.75) is 492 Å². The summed E-state index contributed by atoms with van der Waals surface area (Å²) in [5, 5.41) is 0. The summed E-state index contributed by atoms with van der Waals surface area (Å²) >= 11 is 41.7. The van der Waals surface area contributed by atoms with Crippen LogP contribution in [0.15, 0.2) is 0 Å². The van der Waals surface area contributed by atoms with Gasteiger partial charge in [-0.05, 0) is 51.4 Å². The minimum atomic E-state index is 0. The van der Waals surface area contributed by atoms with Crippen molar-refractivity contribution in [3.05, 3.63) is 0 Å². The maximum absolute atomic E-state index is 5.36. The molecule has 0 saturated heterocycles. The molecule has 0 atom stereocenters. The van der Waals surface area contributed by atoms with Crippen molar-refractivity contribution in [1.29, 1.82) is 0 Å². The van der Waals surface area contributed by atoms with E-state index < -0.39 is 0 Å². The molecule has 0 aromatic heterocycles. The Morgan fingerprint density at radius 1 is 0.157 bits per heavy atom. The summed E-state index contributed by atoms with van der Waals surface area (Å²) < 4.78 is 2.69. The average molecular weight is 1720 g/mol. The van der Waals surface area contributed by atoms with Crippen LogP contribution in [0.1, 0.15) is 492 Å². The van der Waals surface area contributed by atoms with Gasteiger partial charge < -0.3 is 119 Å². The van der Waals surface area contributed by atoms with Crippen LogP contribution >= 0.6 is 48.9 Å². The number of nitrogens with zero attached hydrogens (tertiary/aromatic N) is 4. The van der Waals surface area contributed by atoms with Gasteiger partial charge >= 0.3 is 44.4 Å². The molecule has 0 aliphatic carbocycles. The van der Waals surface area contributed by atoms with Crippen molar-refractivity contribution in [2.75, 3.05) is 52.4 Å². The molecule has 0 heterocycles. The largest absolute Gasteiger partial charge is 2.00 e. The van der Waals surface area contributed by atoms with Gasteiger partial charge in [-0.15, -0.1) is 0 Å². The number of hydrogen-bond acceptors (Lipinski definition) is 8. The first-order valence-electron chi connectivity index (χ1n) is 44.7. The Morgan fingerprint density at radius 3 is 0.314 bits per heavy atom. The normalized spacial score (nSPS) is 10.7. The molecule has 0 amide bonds. The van der Waals surface area contributed by atoms with Crippen LogP contribution < -0.4 is 0 Å². The first kappa shape index (κ1) is 115. The second-order valence-corrected chi connectivity index (χ2v) is 34.4. The van der Waals surface area contributed by atoms with Crippen molar-refractivity contribution >= 4 is 117 Å². The predicted octanol–water partition coefficient (Wildman–Crippen LogP) is 31.2. The zero-order valence-corrected chi connectivity index (χ0v) is 81.3. The molecular weight excluding hydrogens is 1550 g/mol. The maximum Gasteiger partial charge on any atom is 2.00 e.